The van der Waals surface area contributed by atoms with Crippen LogP contribution in [-0.4, -0.2) is 0 Å². The van der Waals surface area contributed by atoms with Crippen molar-refractivity contribution in [2.45, 2.75) is 153 Å². The van der Waals surface area contributed by atoms with E-state index >= 15 is 0 Å². The number of allylic oxidation sites excluding steroid dienone is 1. The van der Waals surface area contributed by atoms with Gasteiger partial charge in [0, 0.05) is 5.41 Å². The zero-order valence-corrected chi connectivity index (χ0v) is 27.6. The molecule has 2 aromatic carbocycles. The van der Waals surface area contributed by atoms with Crippen LogP contribution in [-0.2, 0) is 5.41 Å². The summed E-state index contributed by atoms with van der Waals surface area (Å²) in [4.78, 5) is 0. The fourth-order valence-corrected chi connectivity index (χ4v) is 3.46. The molecular weight excluding hydrogens is 444 g/mol. The van der Waals surface area contributed by atoms with Gasteiger partial charge in [0.15, 0.2) is 0 Å². The maximum absolute atomic E-state index is 3.74. The SMILES string of the molecule is C=C(C)CCC.CC.CC.CCCC.CCCC.CCCCC(CC)(c1ccccc1)c1ccccc1. The Morgan fingerprint density at radius 1 is 0.568 bits per heavy atom. The maximum atomic E-state index is 3.74. The van der Waals surface area contributed by atoms with E-state index < -0.39 is 0 Å². The Bertz CT molecular complexity index is 591. The summed E-state index contributed by atoms with van der Waals surface area (Å²) in [7, 11) is 0. The molecule has 0 aliphatic heterocycles. The molecular formula is C37H68. The summed E-state index contributed by atoms with van der Waals surface area (Å²) in [5.41, 5.74) is 4.38. The van der Waals surface area contributed by atoms with Crippen LogP contribution in [0.15, 0.2) is 72.8 Å². The molecule has 0 amide bonds. The average molecular weight is 513 g/mol. The quantitative estimate of drug-likeness (QED) is 0.278. The van der Waals surface area contributed by atoms with Crippen LogP contribution >= 0.6 is 0 Å². The van der Waals surface area contributed by atoms with Gasteiger partial charge in [0.05, 0.1) is 0 Å². The molecule has 0 aliphatic rings. The molecule has 0 N–H and O–H groups in total. The number of hydrogen-bond donors (Lipinski definition) is 0. The third-order valence-electron chi connectivity index (χ3n) is 5.89. The molecule has 216 valence electrons. The van der Waals surface area contributed by atoms with Gasteiger partial charge in [-0.3, -0.25) is 0 Å². The minimum atomic E-state index is 0.179. The third kappa shape index (κ3) is 23.1. The molecule has 37 heavy (non-hydrogen) atoms. The van der Waals surface area contributed by atoms with Gasteiger partial charge < -0.3 is 0 Å². The van der Waals surface area contributed by atoms with Gasteiger partial charge in [-0.25, -0.2) is 0 Å². The second kappa shape index (κ2) is 34.2. The van der Waals surface area contributed by atoms with E-state index in [0.29, 0.717) is 0 Å². The highest BCUT2D eigenvalue weighted by Crippen LogP contribution is 2.40. The Hall–Kier alpha value is -1.82. The van der Waals surface area contributed by atoms with Crippen LogP contribution < -0.4 is 0 Å². The van der Waals surface area contributed by atoms with Crippen molar-refractivity contribution in [2.24, 2.45) is 0 Å². The number of hydrogen-bond acceptors (Lipinski definition) is 0. The fraction of sp³-hybridized carbons (Fsp3) is 0.622. The third-order valence-corrected chi connectivity index (χ3v) is 5.89. The zero-order chi connectivity index (χ0) is 29.4. The normalized spacial score (nSPS) is 9.19. The predicted molar refractivity (Wildman–Crippen MR) is 177 cm³/mol. The van der Waals surface area contributed by atoms with Crippen molar-refractivity contribution in [3.8, 4) is 0 Å². The lowest BCUT2D eigenvalue weighted by molar-refractivity contribution is 0.437. The largest absolute Gasteiger partial charge is 0.100 e. The monoisotopic (exact) mass is 513 g/mol. The van der Waals surface area contributed by atoms with Crippen molar-refractivity contribution in [3.05, 3.63) is 83.9 Å². The minimum Gasteiger partial charge on any atom is -0.100 e. The molecule has 0 radical (unpaired) electrons. The molecule has 0 heteroatoms. The molecule has 2 aromatic rings. The van der Waals surface area contributed by atoms with Gasteiger partial charge in [-0.1, -0.05) is 187 Å². The van der Waals surface area contributed by atoms with Crippen molar-refractivity contribution in [1.29, 1.82) is 0 Å². The maximum Gasteiger partial charge on any atom is 0.0200 e. The van der Waals surface area contributed by atoms with E-state index in [1.165, 1.54) is 74.5 Å². The lowest BCUT2D eigenvalue weighted by Crippen LogP contribution is -2.26. The Morgan fingerprint density at radius 2 is 0.919 bits per heavy atom. The van der Waals surface area contributed by atoms with E-state index in [1.807, 2.05) is 27.7 Å². The van der Waals surface area contributed by atoms with Gasteiger partial charge in [-0.05, 0) is 37.3 Å². The van der Waals surface area contributed by atoms with Gasteiger partial charge in [0.25, 0.3) is 0 Å². The first kappa shape index (κ1) is 42.3. The van der Waals surface area contributed by atoms with E-state index in [2.05, 4.69) is 123 Å². The van der Waals surface area contributed by atoms with Crippen molar-refractivity contribution in [2.75, 3.05) is 0 Å². The van der Waals surface area contributed by atoms with Crippen molar-refractivity contribution >= 4 is 0 Å². The van der Waals surface area contributed by atoms with Crippen LogP contribution in [0, 0.1) is 0 Å². The van der Waals surface area contributed by atoms with Crippen molar-refractivity contribution < 1.29 is 0 Å². The molecule has 0 saturated heterocycles. The molecule has 0 aliphatic carbocycles. The van der Waals surface area contributed by atoms with Gasteiger partial charge in [0.1, 0.15) is 0 Å². The highest BCUT2D eigenvalue weighted by atomic mass is 14.3. The smallest absolute Gasteiger partial charge is 0.0200 e. The second-order valence-corrected chi connectivity index (χ2v) is 8.98. The van der Waals surface area contributed by atoms with Crippen LogP contribution in [0.5, 0.6) is 0 Å². The highest BCUT2D eigenvalue weighted by molar-refractivity contribution is 5.39. The lowest BCUT2D eigenvalue weighted by atomic mass is 9.69. The summed E-state index contributed by atoms with van der Waals surface area (Å²) in [6.45, 7) is 29.3. The van der Waals surface area contributed by atoms with Gasteiger partial charge in [-0.2, -0.15) is 0 Å². The first-order valence-corrected chi connectivity index (χ1v) is 15.7. The van der Waals surface area contributed by atoms with Crippen molar-refractivity contribution in [1.82, 2.24) is 0 Å². The van der Waals surface area contributed by atoms with E-state index in [1.54, 1.807) is 0 Å². The molecule has 0 nitrogen and oxygen atoms in total. The van der Waals surface area contributed by atoms with Crippen molar-refractivity contribution in [3.63, 3.8) is 0 Å². The number of rotatable bonds is 10. The standard InChI is InChI=1S/C19H24.C6H12.2C4H10.2C2H6/c1-3-5-16-19(4-2,17-12-8-6-9-13-17)18-14-10-7-11-15-18;1-4-5-6(2)3;2*1-3-4-2;2*1-2/h6-15H,3-5,16H2,1-2H3;2,4-5H2,1,3H3;2*3-4H2,1-2H3;2*1-2H3. The summed E-state index contributed by atoms with van der Waals surface area (Å²) in [5, 5.41) is 0. The topological polar surface area (TPSA) is 0 Å². The van der Waals surface area contributed by atoms with Crippen LogP contribution in [0.4, 0.5) is 0 Å². The Balaban J connectivity index is -0.000000249. The summed E-state index contributed by atoms with van der Waals surface area (Å²) in [6, 6.07) is 22.0. The molecule has 2 rings (SSSR count). The highest BCUT2D eigenvalue weighted by Gasteiger charge is 2.31. The first-order chi connectivity index (χ1) is 17.9. The molecule has 0 atom stereocenters. The van der Waals surface area contributed by atoms with Gasteiger partial charge in [0.2, 0.25) is 0 Å². The summed E-state index contributed by atoms with van der Waals surface area (Å²) in [5.74, 6) is 0. The molecule has 0 aromatic heterocycles. The number of unbranched alkanes of at least 4 members (excludes halogenated alkanes) is 3. The summed E-state index contributed by atoms with van der Waals surface area (Å²) in [6.07, 6.45) is 12.6. The van der Waals surface area contributed by atoms with E-state index in [4.69, 9.17) is 0 Å². The van der Waals surface area contributed by atoms with Crippen LogP contribution in [0.25, 0.3) is 0 Å². The molecule has 0 unspecified atom stereocenters. The average Bonchev–Trinajstić information content (AvgIpc) is 2.97. The van der Waals surface area contributed by atoms with E-state index in [9.17, 15) is 0 Å². The lowest BCUT2D eigenvalue weighted by Gasteiger charge is -2.34. The van der Waals surface area contributed by atoms with E-state index in [0.717, 1.165) is 6.42 Å². The molecule has 0 spiro atoms. The summed E-state index contributed by atoms with van der Waals surface area (Å²) >= 11 is 0. The van der Waals surface area contributed by atoms with Crippen LogP contribution in [0.3, 0.4) is 0 Å². The minimum absolute atomic E-state index is 0.179. The molecule has 0 heterocycles. The fourth-order valence-electron chi connectivity index (χ4n) is 3.46. The summed E-state index contributed by atoms with van der Waals surface area (Å²) < 4.78 is 0. The van der Waals surface area contributed by atoms with Gasteiger partial charge in [-0.15, -0.1) is 6.58 Å². The predicted octanol–water partition coefficient (Wildman–Crippen LogP) is 13.6. The molecule has 0 saturated carbocycles. The second-order valence-electron chi connectivity index (χ2n) is 8.98. The number of benzene rings is 2. The van der Waals surface area contributed by atoms with Crippen LogP contribution in [0.1, 0.15) is 158 Å². The zero-order valence-electron chi connectivity index (χ0n) is 27.6. The first-order valence-electron chi connectivity index (χ1n) is 15.7. The van der Waals surface area contributed by atoms with E-state index in [-0.39, 0.29) is 5.41 Å². The molecule has 0 bridgehead atoms. The Kier molecular flexibility index (Phi) is 39.1. The van der Waals surface area contributed by atoms with Crippen LogP contribution in [0.2, 0.25) is 0 Å². The Morgan fingerprint density at radius 3 is 1.11 bits per heavy atom. The Labute approximate surface area is 236 Å². The molecule has 0 fully saturated rings. The van der Waals surface area contributed by atoms with Gasteiger partial charge >= 0.3 is 0 Å².